The molecule has 7 heteroatoms. The minimum atomic E-state index is -0.539. The predicted octanol–water partition coefficient (Wildman–Crippen LogP) is 3.66. The summed E-state index contributed by atoms with van der Waals surface area (Å²) in [5.74, 6) is 0. The van der Waals surface area contributed by atoms with Gasteiger partial charge in [-0.1, -0.05) is 11.6 Å². The Balaban J connectivity index is 1.72. The highest BCUT2D eigenvalue weighted by atomic mass is 35.5. The highest BCUT2D eigenvalue weighted by Crippen LogP contribution is 2.33. The van der Waals surface area contributed by atoms with Crippen LogP contribution in [0.3, 0.4) is 0 Å². The first kappa shape index (κ1) is 20.1. The first-order valence-electron chi connectivity index (χ1n) is 9.65. The summed E-state index contributed by atoms with van der Waals surface area (Å²) in [5, 5.41) is 19.0. The van der Waals surface area contributed by atoms with E-state index in [0.717, 1.165) is 62.1 Å². The maximum absolute atomic E-state index is 10.2. The number of nitrogens with one attached hydrogen (secondary N) is 1. The molecule has 3 rings (SSSR count). The smallest absolute Gasteiger partial charge is 0.131 e. The molecule has 148 valence electrons. The van der Waals surface area contributed by atoms with Crippen molar-refractivity contribution in [2.45, 2.75) is 57.2 Å². The third-order valence-corrected chi connectivity index (χ3v) is 5.41. The van der Waals surface area contributed by atoms with E-state index in [1.807, 2.05) is 29.9 Å². The molecule has 27 heavy (non-hydrogen) atoms. The number of halogens is 1. The Morgan fingerprint density at radius 3 is 2.81 bits per heavy atom. The van der Waals surface area contributed by atoms with Crippen LogP contribution in [0.15, 0.2) is 24.5 Å². The lowest BCUT2D eigenvalue weighted by Crippen LogP contribution is -2.35. The molecule has 0 saturated heterocycles. The SMILES string of the molecule is CN(C)CCCn1ccc(-c2cnc(Cl)cc2NC2CCC(C)(O)CC2)n1. The molecule has 0 unspecified atom stereocenters. The average molecular weight is 392 g/mol. The fourth-order valence-corrected chi connectivity index (χ4v) is 3.69. The minimum Gasteiger partial charge on any atom is -0.390 e. The van der Waals surface area contributed by atoms with Crippen molar-refractivity contribution in [2.75, 3.05) is 26.0 Å². The molecule has 6 nitrogen and oxygen atoms in total. The summed E-state index contributed by atoms with van der Waals surface area (Å²) in [6.07, 6.45) is 8.34. The van der Waals surface area contributed by atoms with Gasteiger partial charge in [0, 0.05) is 36.2 Å². The van der Waals surface area contributed by atoms with Crippen LogP contribution < -0.4 is 5.32 Å². The van der Waals surface area contributed by atoms with Crippen molar-refractivity contribution < 1.29 is 5.11 Å². The van der Waals surface area contributed by atoms with E-state index in [1.54, 1.807) is 6.20 Å². The lowest BCUT2D eigenvalue weighted by atomic mass is 9.83. The van der Waals surface area contributed by atoms with Gasteiger partial charge < -0.3 is 15.3 Å². The van der Waals surface area contributed by atoms with Crippen LogP contribution in [0.4, 0.5) is 5.69 Å². The number of anilines is 1. The van der Waals surface area contributed by atoms with Gasteiger partial charge in [0.2, 0.25) is 0 Å². The normalized spacial score (nSPS) is 23.0. The number of pyridine rings is 1. The lowest BCUT2D eigenvalue weighted by Gasteiger charge is -2.34. The molecule has 0 amide bonds. The summed E-state index contributed by atoms with van der Waals surface area (Å²) in [4.78, 5) is 6.43. The summed E-state index contributed by atoms with van der Waals surface area (Å²) in [6.45, 7) is 3.84. The van der Waals surface area contributed by atoms with Gasteiger partial charge in [0.25, 0.3) is 0 Å². The van der Waals surface area contributed by atoms with E-state index >= 15 is 0 Å². The molecule has 0 aromatic carbocycles. The zero-order chi connectivity index (χ0) is 19.4. The van der Waals surface area contributed by atoms with E-state index in [9.17, 15) is 5.11 Å². The van der Waals surface area contributed by atoms with Crippen molar-refractivity contribution in [1.82, 2.24) is 19.7 Å². The summed E-state index contributed by atoms with van der Waals surface area (Å²) >= 11 is 6.15. The van der Waals surface area contributed by atoms with Crippen LogP contribution in [0.25, 0.3) is 11.3 Å². The molecule has 1 saturated carbocycles. The number of hydrogen-bond acceptors (Lipinski definition) is 5. The molecule has 0 bridgehead atoms. The molecular formula is C20H30ClN5O. The number of hydrogen-bond donors (Lipinski definition) is 2. The third kappa shape index (κ3) is 5.67. The Morgan fingerprint density at radius 2 is 2.11 bits per heavy atom. The van der Waals surface area contributed by atoms with Crippen LogP contribution in [0.2, 0.25) is 5.15 Å². The summed E-state index contributed by atoms with van der Waals surface area (Å²) in [7, 11) is 4.16. The van der Waals surface area contributed by atoms with Crippen molar-refractivity contribution in [3.8, 4) is 11.3 Å². The largest absolute Gasteiger partial charge is 0.390 e. The highest BCUT2D eigenvalue weighted by Gasteiger charge is 2.29. The molecule has 0 radical (unpaired) electrons. The maximum atomic E-state index is 10.2. The Bertz CT molecular complexity index is 749. The number of aryl methyl sites for hydroxylation is 1. The molecule has 0 spiro atoms. The third-order valence-electron chi connectivity index (χ3n) is 5.20. The molecule has 0 atom stereocenters. The maximum Gasteiger partial charge on any atom is 0.131 e. The van der Waals surface area contributed by atoms with Gasteiger partial charge >= 0.3 is 0 Å². The van der Waals surface area contributed by atoms with E-state index in [1.165, 1.54) is 0 Å². The minimum absolute atomic E-state index is 0.324. The van der Waals surface area contributed by atoms with Crippen LogP contribution in [-0.2, 0) is 6.54 Å². The summed E-state index contributed by atoms with van der Waals surface area (Å²) in [6, 6.07) is 4.22. The standard InChI is InChI=1S/C20H30ClN5O/c1-20(27)8-5-15(6-9-20)23-18-13-19(21)22-14-16(18)17-7-12-26(24-17)11-4-10-25(2)3/h7,12-15,27H,4-6,8-11H2,1-3H3,(H,22,23). The molecule has 2 N–H and O–H groups in total. The fourth-order valence-electron chi connectivity index (χ4n) is 3.54. The quantitative estimate of drug-likeness (QED) is 0.705. The number of nitrogens with zero attached hydrogens (tertiary/aromatic N) is 4. The Labute approximate surface area is 166 Å². The van der Waals surface area contributed by atoms with Crippen molar-refractivity contribution in [3.63, 3.8) is 0 Å². The van der Waals surface area contributed by atoms with E-state index in [0.29, 0.717) is 11.2 Å². The van der Waals surface area contributed by atoms with Gasteiger partial charge in [0.1, 0.15) is 5.15 Å². The van der Waals surface area contributed by atoms with E-state index in [2.05, 4.69) is 29.3 Å². The summed E-state index contributed by atoms with van der Waals surface area (Å²) in [5.41, 5.74) is 2.28. The van der Waals surface area contributed by atoms with Crippen molar-refractivity contribution in [2.24, 2.45) is 0 Å². The first-order chi connectivity index (χ1) is 12.8. The Kier molecular flexibility index (Phi) is 6.40. The number of aromatic nitrogens is 3. The molecule has 2 heterocycles. The van der Waals surface area contributed by atoms with Gasteiger partial charge in [-0.3, -0.25) is 4.68 Å². The number of rotatable bonds is 7. The summed E-state index contributed by atoms with van der Waals surface area (Å²) < 4.78 is 1.98. The van der Waals surface area contributed by atoms with Crippen LogP contribution in [0, 0.1) is 0 Å². The van der Waals surface area contributed by atoms with Crippen LogP contribution in [0.5, 0.6) is 0 Å². The van der Waals surface area contributed by atoms with Crippen molar-refractivity contribution in [1.29, 1.82) is 0 Å². The second kappa shape index (κ2) is 8.59. The zero-order valence-electron chi connectivity index (χ0n) is 16.5. The van der Waals surface area contributed by atoms with Crippen LogP contribution in [0.1, 0.15) is 39.0 Å². The highest BCUT2D eigenvalue weighted by molar-refractivity contribution is 6.29. The molecule has 2 aromatic heterocycles. The van der Waals surface area contributed by atoms with Crippen LogP contribution >= 0.6 is 11.6 Å². The first-order valence-corrected chi connectivity index (χ1v) is 10.0. The van der Waals surface area contributed by atoms with Crippen molar-refractivity contribution >= 4 is 17.3 Å². The molecule has 2 aromatic rings. The van der Waals surface area contributed by atoms with E-state index in [4.69, 9.17) is 16.7 Å². The monoisotopic (exact) mass is 391 g/mol. The van der Waals surface area contributed by atoms with Gasteiger partial charge in [-0.15, -0.1) is 0 Å². The van der Waals surface area contributed by atoms with Crippen molar-refractivity contribution in [3.05, 3.63) is 29.7 Å². The molecule has 0 aliphatic heterocycles. The van der Waals surface area contributed by atoms with E-state index < -0.39 is 5.60 Å². The molecular weight excluding hydrogens is 362 g/mol. The van der Waals surface area contributed by atoms with E-state index in [-0.39, 0.29) is 0 Å². The van der Waals surface area contributed by atoms with Gasteiger partial charge in [-0.05, 0) is 71.8 Å². The molecule has 1 aliphatic carbocycles. The number of aliphatic hydroxyl groups is 1. The molecule has 1 fully saturated rings. The fraction of sp³-hybridized carbons (Fsp3) is 0.600. The molecule has 1 aliphatic rings. The van der Waals surface area contributed by atoms with Crippen LogP contribution in [-0.4, -0.2) is 57.1 Å². The average Bonchev–Trinajstić information content (AvgIpc) is 3.05. The van der Waals surface area contributed by atoms with Gasteiger partial charge in [-0.2, -0.15) is 5.10 Å². The van der Waals surface area contributed by atoms with Gasteiger partial charge in [0.05, 0.1) is 11.3 Å². The zero-order valence-corrected chi connectivity index (χ0v) is 17.2. The second-order valence-corrected chi connectivity index (χ2v) is 8.48. The second-order valence-electron chi connectivity index (χ2n) is 8.09. The van der Waals surface area contributed by atoms with Gasteiger partial charge in [-0.25, -0.2) is 4.98 Å². The van der Waals surface area contributed by atoms with Gasteiger partial charge in [0.15, 0.2) is 0 Å². The lowest BCUT2D eigenvalue weighted by molar-refractivity contribution is 0.0196. The topological polar surface area (TPSA) is 66.2 Å². The predicted molar refractivity (Wildman–Crippen MR) is 110 cm³/mol. The Morgan fingerprint density at radius 1 is 1.37 bits per heavy atom. The Hall–Kier alpha value is -1.63.